The second-order valence-corrected chi connectivity index (χ2v) is 23.5. The topological polar surface area (TPSA) is 354 Å². The number of aliphatic hydroxyl groups excluding tert-OH is 8. The highest BCUT2D eigenvalue weighted by molar-refractivity contribution is 5.81. The molecule has 86 heavy (non-hydrogen) atoms. The Balaban J connectivity index is 0.917. The van der Waals surface area contributed by atoms with Crippen molar-refractivity contribution in [2.75, 3.05) is 46.1 Å². The van der Waals surface area contributed by atoms with Gasteiger partial charge in [0.25, 0.3) is 5.91 Å². The van der Waals surface area contributed by atoms with Gasteiger partial charge < -0.3 is 99.0 Å². The van der Waals surface area contributed by atoms with E-state index in [9.17, 15) is 55.2 Å². The Labute approximate surface area is 497 Å². The van der Waals surface area contributed by atoms with Gasteiger partial charge in [-0.3, -0.25) is 14.4 Å². The van der Waals surface area contributed by atoms with Crippen molar-refractivity contribution in [2.45, 2.75) is 188 Å². The normalized spacial score (nSPS) is 35.3. The summed E-state index contributed by atoms with van der Waals surface area (Å²) in [5.74, 6) is -1.28. The lowest BCUT2D eigenvalue weighted by atomic mass is 9.80. The molecule has 10 rings (SSSR count). The Kier molecular flexibility index (Phi) is 21.4. The van der Waals surface area contributed by atoms with Crippen LogP contribution in [-0.4, -0.2) is 235 Å². The maximum Gasteiger partial charge on any atom is 0.251 e. The van der Waals surface area contributed by atoms with Gasteiger partial charge in [0.15, 0.2) is 18.9 Å². The molecule has 10 N–H and O–H groups in total. The molecule has 0 bridgehead atoms. The largest absolute Gasteiger partial charge is 0.457 e. The number of benzene rings is 2. The minimum atomic E-state index is -1.81. The number of aliphatic hydroxyl groups is 8. The summed E-state index contributed by atoms with van der Waals surface area (Å²) in [5, 5.41) is 104. The number of rotatable bonds is 22. The number of likely N-dealkylation sites (tertiary alicyclic amines) is 1. The Morgan fingerprint density at radius 3 is 2.19 bits per heavy atom. The van der Waals surface area contributed by atoms with E-state index in [1.165, 1.54) is 18.5 Å². The van der Waals surface area contributed by atoms with Crippen LogP contribution in [0.4, 0.5) is 0 Å². The van der Waals surface area contributed by atoms with E-state index < -0.39 is 147 Å². The number of aromatic nitrogens is 3. The zero-order chi connectivity index (χ0) is 60.8. The molecule has 0 spiro atoms. The molecule has 472 valence electrons. The molecule has 1 aromatic heterocycles. The van der Waals surface area contributed by atoms with Crippen molar-refractivity contribution in [3.05, 3.63) is 84.3 Å². The maximum absolute atomic E-state index is 14.8. The van der Waals surface area contributed by atoms with Crippen LogP contribution < -0.4 is 15.4 Å². The van der Waals surface area contributed by atoms with E-state index in [4.69, 9.17) is 42.6 Å². The zero-order valence-corrected chi connectivity index (χ0v) is 48.3. The first-order valence-corrected chi connectivity index (χ1v) is 29.9. The van der Waals surface area contributed by atoms with Crippen molar-refractivity contribution in [3.8, 4) is 17.0 Å². The number of carbonyl (C=O) groups excluding carboxylic acids is 3. The van der Waals surface area contributed by atoms with Gasteiger partial charge in [-0.1, -0.05) is 92.4 Å². The molecular weight excluding hydrogens is 1120 g/mol. The van der Waals surface area contributed by atoms with Gasteiger partial charge in [0.05, 0.1) is 50.9 Å². The molecule has 6 fully saturated rings. The van der Waals surface area contributed by atoms with Crippen LogP contribution in [-0.2, 0) is 52.3 Å². The second-order valence-electron chi connectivity index (χ2n) is 23.5. The molecule has 2 aromatic carbocycles. The monoisotopic (exact) mass is 1210 g/mol. The van der Waals surface area contributed by atoms with E-state index in [2.05, 4.69) is 27.5 Å². The zero-order valence-electron chi connectivity index (χ0n) is 48.3. The third-order valence-corrected chi connectivity index (χ3v) is 17.5. The lowest BCUT2D eigenvalue weighted by Gasteiger charge is -2.49. The Hall–Kier alpha value is -5.37. The molecule has 9 unspecified atom stereocenters. The van der Waals surface area contributed by atoms with Crippen LogP contribution in [0.1, 0.15) is 83.2 Å². The first-order valence-electron chi connectivity index (χ1n) is 29.9. The predicted octanol–water partition coefficient (Wildman–Crippen LogP) is -0.0199. The van der Waals surface area contributed by atoms with E-state index in [0.29, 0.717) is 47.8 Å². The molecule has 4 saturated heterocycles. The van der Waals surface area contributed by atoms with Gasteiger partial charge in [0.1, 0.15) is 96.5 Å². The predicted molar refractivity (Wildman–Crippen MR) is 300 cm³/mol. The molecule has 26 nitrogen and oxygen atoms in total. The van der Waals surface area contributed by atoms with E-state index in [0.717, 1.165) is 44.1 Å². The van der Waals surface area contributed by atoms with Gasteiger partial charge >= 0.3 is 0 Å². The third kappa shape index (κ3) is 14.5. The molecule has 0 radical (unpaired) electrons. The summed E-state index contributed by atoms with van der Waals surface area (Å²) in [6, 6.07) is 14.1. The highest BCUT2D eigenvalue weighted by Gasteiger charge is 2.54. The van der Waals surface area contributed by atoms with E-state index in [-0.39, 0.29) is 44.4 Å². The maximum atomic E-state index is 14.8. The molecule has 3 aromatic rings. The quantitative estimate of drug-likeness (QED) is 0.0591. The number of amides is 3. The summed E-state index contributed by atoms with van der Waals surface area (Å²) in [4.78, 5) is 44.0. The van der Waals surface area contributed by atoms with Crippen LogP contribution in [0.5, 0.6) is 5.75 Å². The number of hydrogen-bond acceptors (Lipinski definition) is 22. The van der Waals surface area contributed by atoms with E-state index >= 15 is 0 Å². The van der Waals surface area contributed by atoms with Crippen molar-refractivity contribution in [1.29, 1.82) is 0 Å². The number of carbonyl (C=O) groups is 3. The molecule has 20 atom stereocenters. The van der Waals surface area contributed by atoms with Gasteiger partial charge in [0, 0.05) is 49.2 Å². The smallest absolute Gasteiger partial charge is 0.251 e. The van der Waals surface area contributed by atoms with Crippen molar-refractivity contribution >= 4 is 23.8 Å². The van der Waals surface area contributed by atoms with Gasteiger partial charge in [-0.25, -0.2) is 4.68 Å². The minimum absolute atomic E-state index is 0.0385. The van der Waals surface area contributed by atoms with Crippen molar-refractivity contribution in [1.82, 2.24) is 30.5 Å². The number of ether oxygens (including phenoxy) is 9. The highest BCUT2D eigenvalue weighted by atomic mass is 16.7. The molecule has 2 saturated carbocycles. The van der Waals surface area contributed by atoms with Crippen molar-refractivity contribution in [2.24, 2.45) is 11.8 Å². The van der Waals surface area contributed by atoms with Crippen LogP contribution in [0, 0.1) is 11.8 Å². The lowest BCUT2D eigenvalue weighted by molar-refractivity contribution is -0.337. The van der Waals surface area contributed by atoms with Crippen LogP contribution in [0.25, 0.3) is 17.3 Å². The van der Waals surface area contributed by atoms with Gasteiger partial charge in [0.2, 0.25) is 11.8 Å². The fourth-order valence-corrected chi connectivity index (χ4v) is 12.6. The molecule has 6 heterocycles. The lowest BCUT2D eigenvalue weighted by Crippen LogP contribution is -2.67. The van der Waals surface area contributed by atoms with Crippen molar-refractivity contribution in [3.63, 3.8) is 0 Å². The standard InChI is InChI=1S/C60H82N6O20/c1-31-38(24-36-17-10-11-18-41(36)80-31)30-79-55-49(72)45(29-68)85-59(52(55)75)78-22-19-61-56(76)37-25-40(66-27-39(63-64-66)35-15-8-5-9-16-35)53(86-60-51(74)50(73)47(70)32(2)81-60)42(26-37)83-58-46(62-33(3)69)54(48(71)44(28-67)84-58)82-43(57(77)65-20-12-21-65)23-34-13-6-4-7-14-34/h5,8-11,15-18,24,27,32,34,37,40,42-55,58-60,67-68,70-75H,1,4,6-7,12-14,19-23,25-26,28-30H2,2-3H3,(H,61,76)(H,62,69)/t32?,37?,40?,42-,43+,44+,45?,46?,47-,48+,49-,50+,51?,52?,53-,54?,55?,58-,59+,60+/m1/s1. The Bertz CT molecular complexity index is 2790. The molecular formula is C60H82N6O20. The van der Waals surface area contributed by atoms with Crippen LogP contribution >= 0.6 is 0 Å². The number of nitrogens with one attached hydrogen (secondary N) is 2. The third-order valence-electron chi connectivity index (χ3n) is 17.5. The molecule has 7 aliphatic rings. The fraction of sp³-hybridized carbons (Fsp3) is 0.650. The Morgan fingerprint density at radius 2 is 1.48 bits per heavy atom. The van der Waals surface area contributed by atoms with Gasteiger partial charge in [-0.15, -0.1) is 5.10 Å². The van der Waals surface area contributed by atoms with Gasteiger partial charge in [-0.05, 0) is 50.7 Å². The highest BCUT2D eigenvalue weighted by Crippen LogP contribution is 2.42. The molecule has 3 amide bonds. The first-order chi connectivity index (χ1) is 41.5. The van der Waals surface area contributed by atoms with E-state index in [1.54, 1.807) is 17.2 Å². The summed E-state index contributed by atoms with van der Waals surface area (Å²) in [6.07, 6.45) is -15.1. The number of hydrogen-bond donors (Lipinski definition) is 10. The number of fused-ring (bicyclic) bond motifs is 1. The summed E-state index contributed by atoms with van der Waals surface area (Å²) in [6.45, 7) is 5.84. The van der Waals surface area contributed by atoms with Crippen LogP contribution in [0.15, 0.2) is 78.7 Å². The molecule has 26 heteroatoms. The first kappa shape index (κ1) is 63.6. The summed E-state index contributed by atoms with van der Waals surface area (Å²) in [5.41, 5.74) is 2.47. The Morgan fingerprint density at radius 1 is 0.767 bits per heavy atom. The van der Waals surface area contributed by atoms with Gasteiger partial charge in [-0.2, -0.15) is 0 Å². The summed E-state index contributed by atoms with van der Waals surface area (Å²) >= 11 is 0. The SMILES string of the molecule is C=C1Oc2ccccc2C=C1COC1C(O)[C@@H](OCCNC(=O)C2CC(n3cc(-c4ccccc4)nn3)[C@@H](O[C@@H]3OC(C)[C@@H](O)[C@H](O)C3O)[C@H](O[C@@H]3O[C@@H](CO)[C@H](O)C(O[C@@H](CC4CCCCC4)C(=O)N4CCC4)C3NC(C)=O)C2)OC(CO)[C@H]1O. The molecule has 5 aliphatic heterocycles. The van der Waals surface area contributed by atoms with Crippen LogP contribution in [0.3, 0.4) is 0 Å². The average molecular weight is 1210 g/mol. The number of nitrogens with zero attached hydrogens (tertiary/aromatic N) is 4. The summed E-state index contributed by atoms with van der Waals surface area (Å²) in [7, 11) is 0. The van der Waals surface area contributed by atoms with Crippen LogP contribution in [0.2, 0.25) is 0 Å². The average Bonchev–Trinajstić information content (AvgIpc) is 1.86. The fourth-order valence-electron chi connectivity index (χ4n) is 12.6. The van der Waals surface area contributed by atoms with Crippen molar-refractivity contribution < 1.29 is 97.9 Å². The second kappa shape index (κ2) is 28.9. The molecule has 2 aliphatic carbocycles. The van der Waals surface area contributed by atoms with E-state index in [1.807, 2.05) is 54.6 Å². The minimum Gasteiger partial charge on any atom is -0.457 e. The number of para-hydroxylation sites is 1. The summed E-state index contributed by atoms with van der Waals surface area (Å²) < 4.78 is 57.9.